The van der Waals surface area contributed by atoms with Crippen LogP contribution in [0.2, 0.25) is 0 Å². The quantitative estimate of drug-likeness (QED) is 0.0365. The summed E-state index contributed by atoms with van der Waals surface area (Å²) in [6, 6.07) is -0.811. The molecule has 0 aliphatic rings. The maximum absolute atomic E-state index is 12.5. The highest BCUT2D eigenvalue weighted by atomic mass is 16.3. The first kappa shape index (κ1) is 54.8. The highest BCUT2D eigenvalue weighted by molar-refractivity contribution is 5.80. The van der Waals surface area contributed by atoms with Crippen molar-refractivity contribution >= 4 is 5.91 Å². The van der Waals surface area contributed by atoms with Crippen molar-refractivity contribution in [1.29, 1.82) is 0 Å². The lowest BCUT2D eigenvalue weighted by atomic mass is 10.0. The molecule has 56 heavy (non-hydrogen) atoms. The van der Waals surface area contributed by atoms with Crippen molar-refractivity contribution in [2.24, 2.45) is 0 Å². The van der Waals surface area contributed by atoms with Gasteiger partial charge in [0.1, 0.15) is 6.10 Å². The first-order valence-corrected chi connectivity index (χ1v) is 25.2. The molecule has 0 rings (SSSR count). The molecule has 5 heteroatoms. The molecule has 0 aromatic rings. The topological polar surface area (TPSA) is 89.8 Å². The third-order valence-corrected chi connectivity index (χ3v) is 11.8. The van der Waals surface area contributed by atoms with Crippen molar-refractivity contribution in [3.8, 4) is 0 Å². The Bertz CT molecular complexity index is 829. The van der Waals surface area contributed by atoms with Crippen molar-refractivity contribution in [3.05, 3.63) is 24.3 Å². The molecule has 3 atom stereocenters. The van der Waals surface area contributed by atoms with Crippen LogP contribution in [0.3, 0.4) is 0 Å². The molecule has 332 valence electrons. The number of carbonyl (C=O) groups is 1. The smallest absolute Gasteiger partial charge is 0.249 e. The Morgan fingerprint density at radius 2 is 0.732 bits per heavy atom. The molecule has 1 amide bonds. The van der Waals surface area contributed by atoms with Crippen molar-refractivity contribution in [3.63, 3.8) is 0 Å². The third kappa shape index (κ3) is 41.0. The van der Waals surface area contributed by atoms with Crippen LogP contribution in [0, 0.1) is 0 Å². The Kier molecular flexibility index (Phi) is 45.5. The van der Waals surface area contributed by atoms with E-state index in [1.807, 2.05) is 6.08 Å². The number of nitrogens with one attached hydrogen (secondary N) is 1. The van der Waals surface area contributed by atoms with Crippen LogP contribution >= 0.6 is 0 Å². The Balaban J connectivity index is 3.56. The molecule has 0 radical (unpaired) electrons. The molecule has 0 bridgehead atoms. The van der Waals surface area contributed by atoms with E-state index in [1.165, 1.54) is 212 Å². The molecule has 0 aliphatic carbocycles. The monoisotopic (exact) mass is 790 g/mol. The van der Waals surface area contributed by atoms with E-state index < -0.39 is 24.2 Å². The van der Waals surface area contributed by atoms with Gasteiger partial charge in [-0.1, -0.05) is 263 Å². The summed E-state index contributed by atoms with van der Waals surface area (Å²) in [7, 11) is 0. The lowest BCUT2D eigenvalue weighted by molar-refractivity contribution is -0.131. The summed E-state index contributed by atoms with van der Waals surface area (Å²) in [4.78, 5) is 12.5. The minimum absolute atomic E-state index is 0.373. The van der Waals surface area contributed by atoms with E-state index in [1.54, 1.807) is 6.08 Å². The molecular formula is C51H99NO4. The van der Waals surface area contributed by atoms with Crippen molar-refractivity contribution in [2.45, 2.75) is 289 Å². The molecule has 0 fully saturated rings. The number of hydrogen-bond donors (Lipinski definition) is 4. The molecule has 3 unspecified atom stereocenters. The van der Waals surface area contributed by atoms with Crippen LogP contribution in [0.5, 0.6) is 0 Å². The van der Waals surface area contributed by atoms with Gasteiger partial charge in [0, 0.05) is 0 Å². The van der Waals surface area contributed by atoms with Gasteiger partial charge in [0.25, 0.3) is 0 Å². The Morgan fingerprint density at radius 3 is 1.09 bits per heavy atom. The van der Waals surface area contributed by atoms with Gasteiger partial charge in [-0.05, 0) is 32.1 Å². The summed E-state index contributed by atoms with van der Waals surface area (Å²) >= 11 is 0. The average Bonchev–Trinajstić information content (AvgIpc) is 3.20. The Morgan fingerprint density at radius 1 is 0.429 bits per heavy atom. The molecule has 0 aliphatic heterocycles. The number of carbonyl (C=O) groups excluding carboxylic acids is 1. The van der Waals surface area contributed by atoms with E-state index in [4.69, 9.17) is 0 Å². The molecule has 0 aromatic carbocycles. The van der Waals surface area contributed by atoms with Crippen molar-refractivity contribution < 1.29 is 20.1 Å². The summed E-state index contributed by atoms with van der Waals surface area (Å²) in [5, 5.41) is 33.2. The zero-order chi connectivity index (χ0) is 40.8. The number of hydrogen-bond acceptors (Lipinski definition) is 4. The number of aliphatic hydroxyl groups excluding tert-OH is 3. The Labute approximate surface area is 350 Å². The van der Waals surface area contributed by atoms with E-state index >= 15 is 0 Å². The number of aliphatic hydroxyl groups is 3. The van der Waals surface area contributed by atoms with Gasteiger partial charge in [-0.15, -0.1) is 0 Å². The normalized spacial score (nSPS) is 13.6. The second-order valence-electron chi connectivity index (χ2n) is 17.4. The van der Waals surface area contributed by atoms with Gasteiger partial charge in [-0.3, -0.25) is 4.79 Å². The summed E-state index contributed by atoms with van der Waals surface area (Å²) < 4.78 is 0. The second kappa shape index (κ2) is 46.5. The number of allylic oxidation sites excluding steroid dienone is 3. The van der Waals surface area contributed by atoms with Crippen LogP contribution in [0.1, 0.15) is 271 Å². The van der Waals surface area contributed by atoms with Crippen molar-refractivity contribution in [2.75, 3.05) is 6.61 Å². The highest BCUT2D eigenvalue weighted by Crippen LogP contribution is 2.17. The van der Waals surface area contributed by atoms with Gasteiger partial charge >= 0.3 is 0 Å². The SMILES string of the molecule is CCCCCCCCCCC/C=C/CC/C=C/C(O)C(CO)NC(=O)C(O)CCCCCCCCCCCCCCCCCCCCCCCCCCCCC. The fourth-order valence-electron chi connectivity index (χ4n) is 7.85. The van der Waals surface area contributed by atoms with E-state index in [0.29, 0.717) is 6.42 Å². The summed E-state index contributed by atoms with van der Waals surface area (Å²) in [6.07, 6.45) is 58.1. The zero-order valence-electron chi connectivity index (χ0n) is 37.8. The average molecular weight is 790 g/mol. The fraction of sp³-hybridized carbons (Fsp3) is 0.902. The van der Waals surface area contributed by atoms with E-state index in [2.05, 4.69) is 31.3 Å². The summed E-state index contributed by atoms with van der Waals surface area (Å²) in [5.74, 6) is -0.509. The molecule has 0 heterocycles. The number of amides is 1. The molecule has 0 spiro atoms. The first-order chi connectivity index (χ1) is 27.6. The minimum Gasteiger partial charge on any atom is -0.394 e. The van der Waals surface area contributed by atoms with Gasteiger partial charge in [-0.25, -0.2) is 0 Å². The van der Waals surface area contributed by atoms with E-state index in [0.717, 1.165) is 38.5 Å². The first-order valence-electron chi connectivity index (χ1n) is 25.2. The van der Waals surface area contributed by atoms with Gasteiger partial charge in [-0.2, -0.15) is 0 Å². The maximum atomic E-state index is 12.5. The van der Waals surface area contributed by atoms with Crippen LogP contribution in [0.15, 0.2) is 24.3 Å². The van der Waals surface area contributed by atoms with Crippen LogP contribution in [-0.4, -0.2) is 46.1 Å². The Hall–Kier alpha value is -1.17. The molecule has 5 nitrogen and oxygen atoms in total. The van der Waals surface area contributed by atoms with Gasteiger partial charge < -0.3 is 20.6 Å². The van der Waals surface area contributed by atoms with Gasteiger partial charge in [0.15, 0.2) is 0 Å². The maximum Gasteiger partial charge on any atom is 0.249 e. The second-order valence-corrected chi connectivity index (χ2v) is 17.4. The highest BCUT2D eigenvalue weighted by Gasteiger charge is 2.22. The molecule has 0 saturated heterocycles. The fourth-order valence-corrected chi connectivity index (χ4v) is 7.85. The van der Waals surface area contributed by atoms with Gasteiger partial charge in [0.2, 0.25) is 5.91 Å². The van der Waals surface area contributed by atoms with Crippen LogP contribution in [0.4, 0.5) is 0 Å². The van der Waals surface area contributed by atoms with Crippen LogP contribution < -0.4 is 5.32 Å². The van der Waals surface area contributed by atoms with Crippen molar-refractivity contribution in [1.82, 2.24) is 5.32 Å². The number of unbranched alkanes of at least 4 members (excludes halogenated alkanes) is 36. The number of rotatable bonds is 46. The lowest BCUT2D eigenvalue weighted by Gasteiger charge is -2.21. The van der Waals surface area contributed by atoms with Crippen LogP contribution in [-0.2, 0) is 4.79 Å². The lowest BCUT2D eigenvalue weighted by Crippen LogP contribution is -2.48. The molecule has 0 saturated carbocycles. The van der Waals surface area contributed by atoms with Gasteiger partial charge in [0.05, 0.1) is 18.8 Å². The standard InChI is InChI=1S/C51H99NO4/c1-3-5-7-9-11-13-15-17-19-20-21-22-23-24-25-26-27-28-29-30-32-34-36-38-40-42-44-46-50(55)51(56)52-48(47-53)49(54)45-43-41-39-37-35-33-31-18-16-14-12-10-8-6-4-2/h35,37,43,45,48-50,53-55H,3-34,36,38-42,44,46-47H2,1-2H3,(H,52,56)/b37-35+,45-43+. The molecule has 0 aromatic heterocycles. The largest absolute Gasteiger partial charge is 0.394 e. The minimum atomic E-state index is -1.10. The predicted octanol–water partition coefficient (Wildman–Crippen LogP) is 14.9. The van der Waals surface area contributed by atoms with E-state index in [-0.39, 0.29) is 6.61 Å². The third-order valence-electron chi connectivity index (χ3n) is 11.8. The molecular weight excluding hydrogens is 691 g/mol. The predicted molar refractivity (Wildman–Crippen MR) is 245 cm³/mol. The molecule has 4 N–H and O–H groups in total. The summed E-state index contributed by atoms with van der Waals surface area (Å²) in [5.41, 5.74) is 0. The summed E-state index contributed by atoms with van der Waals surface area (Å²) in [6.45, 7) is 4.19. The van der Waals surface area contributed by atoms with Crippen LogP contribution in [0.25, 0.3) is 0 Å². The zero-order valence-corrected chi connectivity index (χ0v) is 37.8. The van der Waals surface area contributed by atoms with E-state index in [9.17, 15) is 20.1 Å².